The molecular formula is C28H16F9N3O4S2. The number of alkyl halides is 9. The number of benzene rings is 2. The maximum absolute atomic E-state index is 13.7. The molecule has 0 unspecified atom stereocenters. The number of thioether (sulfide) groups is 1. The van der Waals surface area contributed by atoms with Crippen LogP contribution in [0.4, 0.5) is 45.2 Å². The highest BCUT2D eigenvalue weighted by Crippen LogP contribution is 2.40. The molecule has 18 heteroatoms. The van der Waals surface area contributed by atoms with Gasteiger partial charge < -0.3 is 10.4 Å². The highest BCUT2D eigenvalue weighted by Gasteiger charge is 2.38. The normalized spacial score (nSPS) is 15.1. The Morgan fingerprint density at radius 3 is 1.93 bits per heavy atom. The third-order valence-electron chi connectivity index (χ3n) is 6.19. The van der Waals surface area contributed by atoms with Crippen molar-refractivity contribution >= 4 is 57.8 Å². The lowest BCUT2D eigenvalue weighted by molar-refractivity contribution is -0.143. The van der Waals surface area contributed by atoms with Crippen molar-refractivity contribution in [3.63, 3.8) is 0 Å². The molecule has 1 saturated heterocycles. The van der Waals surface area contributed by atoms with E-state index >= 15 is 0 Å². The van der Waals surface area contributed by atoms with E-state index in [1.165, 1.54) is 24.3 Å². The first kappa shape index (κ1) is 34.4. The van der Waals surface area contributed by atoms with Crippen LogP contribution < -0.4 is 5.32 Å². The molecule has 1 aliphatic rings. The first-order chi connectivity index (χ1) is 21.2. The van der Waals surface area contributed by atoms with Crippen molar-refractivity contribution in [2.75, 3.05) is 11.9 Å². The molecule has 2 amide bonds. The molecule has 3 aromatic rings. The highest BCUT2D eigenvalue weighted by atomic mass is 32.2. The van der Waals surface area contributed by atoms with Crippen LogP contribution in [-0.2, 0) is 28.1 Å². The smallest absolute Gasteiger partial charge is 0.416 e. The molecule has 0 aliphatic carbocycles. The van der Waals surface area contributed by atoms with Gasteiger partial charge in [-0.3, -0.25) is 14.5 Å². The van der Waals surface area contributed by atoms with Gasteiger partial charge in [-0.2, -0.15) is 39.5 Å². The number of rotatable bonds is 7. The number of amides is 2. The predicted molar refractivity (Wildman–Crippen MR) is 151 cm³/mol. The molecule has 0 saturated carbocycles. The molecule has 242 valence electrons. The van der Waals surface area contributed by atoms with Gasteiger partial charge >= 0.3 is 24.5 Å². The number of pyridine rings is 1. The Morgan fingerprint density at radius 2 is 1.41 bits per heavy atom. The van der Waals surface area contributed by atoms with Gasteiger partial charge in [-0.1, -0.05) is 24.0 Å². The van der Waals surface area contributed by atoms with Crippen molar-refractivity contribution in [1.29, 1.82) is 0 Å². The van der Waals surface area contributed by atoms with Crippen LogP contribution >= 0.6 is 24.0 Å². The summed E-state index contributed by atoms with van der Waals surface area (Å²) >= 11 is 5.77. The third kappa shape index (κ3) is 8.22. The second-order valence-electron chi connectivity index (χ2n) is 9.47. The van der Waals surface area contributed by atoms with Crippen LogP contribution in [0.15, 0.2) is 59.5 Å². The summed E-state index contributed by atoms with van der Waals surface area (Å²) in [5, 5.41) is 11.4. The average Bonchev–Trinajstić information content (AvgIpc) is 3.21. The van der Waals surface area contributed by atoms with Gasteiger partial charge in [0, 0.05) is 24.2 Å². The van der Waals surface area contributed by atoms with Gasteiger partial charge in [0.15, 0.2) is 0 Å². The number of hydrogen-bond acceptors (Lipinski definition) is 6. The van der Waals surface area contributed by atoms with Crippen molar-refractivity contribution < 1.29 is 59.0 Å². The number of carbonyl (C=O) groups excluding carboxylic acids is 2. The molecule has 2 aromatic carbocycles. The van der Waals surface area contributed by atoms with E-state index in [0.29, 0.717) is 17.8 Å². The molecule has 0 atom stereocenters. The fourth-order valence-electron chi connectivity index (χ4n) is 4.00. The molecule has 1 aromatic heterocycles. The number of carboxylic acid groups (broad SMARTS) is 1. The number of aromatic carboxylic acids is 1. The maximum atomic E-state index is 13.7. The van der Waals surface area contributed by atoms with Gasteiger partial charge in [0.05, 0.1) is 38.5 Å². The minimum Gasteiger partial charge on any atom is -0.478 e. The van der Waals surface area contributed by atoms with Crippen molar-refractivity contribution in [1.82, 2.24) is 9.88 Å². The zero-order valence-electron chi connectivity index (χ0n) is 22.5. The van der Waals surface area contributed by atoms with Crippen LogP contribution in [0.3, 0.4) is 0 Å². The maximum Gasteiger partial charge on any atom is 0.416 e. The second kappa shape index (κ2) is 12.7. The number of nitrogens with one attached hydrogen (secondary N) is 1. The molecule has 1 aliphatic heterocycles. The number of nitrogens with zero attached hydrogens (tertiary/aromatic N) is 2. The minimum atomic E-state index is -5.27. The summed E-state index contributed by atoms with van der Waals surface area (Å²) in [6.07, 6.45) is -15.1. The SMILES string of the molecule is O=C(CCN1C(=O)/C(=C/c2cc(C(F)(F)F)cc(-c3cc(C(F)(F)F)cc(C(F)(F)F)c3)n2)SC1=S)Nc1ccc(C(=O)O)cc1. The van der Waals surface area contributed by atoms with Crippen molar-refractivity contribution in [3.8, 4) is 11.3 Å². The molecule has 0 spiro atoms. The minimum absolute atomic E-state index is 0.0226. The summed E-state index contributed by atoms with van der Waals surface area (Å²) in [6.45, 7) is -0.271. The topological polar surface area (TPSA) is 99.6 Å². The van der Waals surface area contributed by atoms with Crippen LogP contribution in [0.5, 0.6) is 0 Å². The van der Waals surface area contributed by atoms with E-state index in [9.17, 15) is 53.9 Å². The fourth-order valence-corrected chi connectivity index (χ4v) is 5.29. The first-order valence-corrected chi connectivity index (χ1v) is 13.7. The number of anilines is 1. The van der Waals surface area contributed by atoms with Crippen LogP contribution in [0.25, 0.3) is 17.3 Å². The summed E-state index contributed by atoms with van der Waals surface area (Å²) in [5.74, 6) is -2.61. The first-order valence-electron chi connectivity index (χ1n) is 12.5. The number of thiocarbonyl (C=S) groups is 1. The number of aromatic nitrogens is 1. The van der Waals surface area contributed by atoms with Crippen molar-refractivity contribution in [2.45, 2.75) is 24.9 Å². The molecule has 4 rings (SSSR count). The van der Waals surface area contributed by atoms with Gasteiger partial charge in [0.2, 0.25) is 5.91 Å². The standard InChI is InChI=1S/C28H16F9N3O4S2/c29-26(30,31)15-7-14(8-16(9-15)27(32,33)34)20-11-17(28(35,36)37)10-19(38-20)12-21-23(42)40(25(45)46-21)6-5-22(41)39-18-3-1-13(2-4-18)24(43)44/h1-4,7-12H,5-6H2,(H,39,41)(H,43,44)/b21-12-. The largest absolute Gasteiger partial charge is 0.478 e. The number of halogens is 9. The molecular weight excluding hydrogens is 677 g/mol. The van der Waals surface area contributed by atoms with Crippen LogP contribution in [0.2, 0.25) is 0 Å². The molecule has 46 heavy (non-hydrogen) atoms. The van der Waals surface area contributed by atoms with E-state index in [4.69, 9.17) is 17.3 Å². The Hall–Kier alpha value is -4.45. The zero-order chi connectivity index (χ0) is 34.2. The van der Waals surface area contributed by atoms with E-state index < -0.39 is 70.0 Å². The molecule has 2 N–H and O–H groups in total. The number of carbonyl (C=O) groups is 3. The van der Waals surface area contributed by atoms with E-state index in [1.807, 2.05) is 0 Å². The van der Waals surface area contributed by atoms with E-state index in [2.05, 4.69) is 10.3 Å². The van der Waals surface area contributed by atoms with Gasteiger partial charge in [0.25, 0.3) is 5.91 Å². The molecule has 0 radical (unpaired) electrons. The van der Waals surface area contributed by atoms with Gasteiger partial charge in [-0.15, -0.1) is 0 Å². The second-order valence-corrected chi connectivity index (χ2v) is 11.1. The molecule has 0 bridgehead atoms. The van der Waals surface area contributed by atoms with E-state index in [0.717, 1.165) is 11.0 Å². The van der Waals surface area contributed by atoms with Crippen LogP contribution in [0, 0.1) is 0 Å². The summed E-state index contributed by atoms with van der Waals surface area (Å²) in [4.78, 5) is 40.8. The van der Waals surface area contributed by atoms with E-state index in [1.54, 1.807) is 0 Å². The zero-order valence-corrected chi connectivity index (χ0v) is 24.1. The Bertz CT molecular complexity index is 1720. The van der Waals surface area contributed by atoms with Gasteiger partial charge in [0.1, 0.15) is 4.32 Å². The Balaban J connectivity index is 1.61. The summed E-state index contributed by atoms with van der Waals surface area (Å²) in [7, 11) is 0. The van der Waals surface area contributed by atoms with Crippen LogP contribution in [-0.4, -0.2) is 43.6 Å². The van der Waals surface area contributed by atoms with E-state index in [-0.39, 0.29) is 57.7 Å². The van der Waals surface area contributed by atoms with Gasteiger partial charge in [-0.05, 0) is 60.7 Å². The summed E-state index contributed by atoms with van der Waals surface area (Å²) in [5.41, 5.74) is -7.14. The molecule has 1 fully saturated rings. The predicted octanol–water partition coefficient (Wildman–Crippen LogP) is 7.73. The van der Waals surface area contributed by atoms with Crippen LogP contribution in [0.1, 0.15) is 39.2 Å². The summed E-state index contributed by atoms with van der Waals surface area (Å²) in [6, 6.07) is 6.19. The Labute approximate surface area is 262 Å². The Kier molecular flexibility index (Phi) is 9.54. The van der Waals surface area contributed by atoms with Gasteiger partial charge in [-0.25, -0.2) is 9.78 Å². The highest BCUT2D eigenvalue weighted by molar-refractivity contribution is 8.26. The number of hydrogen-bond donors (Lipinski definition) is 2. The molecule has 2 heterocycles. The Morgan fingerprint density at radius 1 is 0.870 bits per heavy atom. The summed E-state index contributed by atoms with van der Waals surface area (Å²) < 4.78 is 121. The fraction of sp³-hybridized carbons (Fsp3) is 0.179. The lowest BCUT2D eigenvalue weighted by Gasteiger charge is -2.15. The monoisotopic (exact) mass is 693 g/mol. The quantitative estimate of drug-likeness (QED) is 0.149. The average molecular weight is 694 g/mol. The molecule has 7 nitrogen and oxygen atoms in total. The lowest BCUT2D eigenvalue weighted by atomic mass is 10.0. The lowest BCUT2D eigenvalue weighted by Crippen LogP contribution is -2.31. The number of carboxylic acids is 1. The third-order valence-corrected chi connectivity index (χ3v) is 7.56. The van der Waals surface area contributed by atoms with Crippen molar-refractivity contribution in [3.05, 3.63) is 87.5 Å². The van der Waals surface area contributed by atoms with Crippen molar-refractivity contribution in [2.24, 2.45) is 0 Å².